The number of rotatable bonds is 6. The largest absolute Gasteiger partial charge is 0.326 e. The van der Waals surface area contributed by atoms with E-state index in [9.17, 15) is 9.59 Å². The molecule has 1 N–H and O–H groups in total. The lowest BCUT2D eigenvalue weighted by molar-refractivity contribution is -0.116. The maximum absolute atomic E-state index is 13.1. The molecule has 2 aromatic carbocycles. The van der Waals surface area contributed by atoms with Crippen LogP contribution in [0.5, 0.6) is 0 Å². The van der Waals surface area contributed by atoms with Gasteiger partial charge in [-0.2, -0.15) is 0 Å². The van der Waals surface area contributed by atoms with Gasteiger partial charge in [-0.05, 0) is 49.1 Å². The molecule has 0 spiro atoms. The van der Waals surface area contributed by atoms with E-state index in [0.29, 0.717) is 18.9 Å². The van der Waals surface area contributed by atoms with Crippen LogP contribution in [0, 0.1) is 5.92 Å². The molecule has 0 radical (unpaired) electrons. The van der Waals surface area contributed by atoms with Crippen molar-refractivity contribution in [2.45, 2.75) is 61.7 Å². The quantitative estimate of drug-likeness (QED) is 0.627. The van der Waals surface area contributed by atoms with Gasteiger partial charge in [0.05, 0.1) is 11.3 Å². The van der Waals surface area contributed by atoms with Crippen molar-refractivity contribution in [1.29, 1.82) is 0 Å². The second-order valence-corrected chi connectivity index (χ2v) is 9.06. The van der Waals surface area contributed by atoms with Crippen LogP contribution < -0.4 is 10.2 Å². The van der Waals surface area contributed by atoms with Crippen molar-refractivity contribution in [3.05, 3.63) is 48.0 Å². The predicted molar refractivity (Wildman–Crippen MR) is 119 cm³/mol. The molecule has 0 saturated heterocycles. The molecule has 1 aliphatic carbocycles. The second kappa shape index (κ2) is 9.04. The summed E-state index contributed by atoms with van der Waals surface area (Å²) >= 11 is 1.60. The maximum atomic E-state index is 13.1. The molecule has 4 nitrogen and oxygen atoms in total. The van der Waals surface area contributed by atoms with Crippen LogP contribution in [-0.4, -0.2) is 18.4 Å². The van der Waals surface area contributed by atoms with Gasteiger partial charge in [0.2, 0.25) is 5.91 Å². The Bertz CT molecular complexity index is 906. The first-order valence-electron chi connectivity index (χ1n) is 10.7. The number of hydrogen-bond donors (Lipinski definition) is 1. The molecule has 1 fully saturated rings. The van der Waals surface area contributed by atoms with Gasteiger partial charge in [-0.1, -0.05) is 56.5 Å². The van der Waals surface area contributed by atoms with Crippen molar-refractivity contribution in [3.63, 3.8) is 0 Å². The summed E-state index contributed by atoms with van der Waals surface area (Å²) in [5.41, 5.74) is 2.46. The molecule has 0 aromatic heterocycles. The first-order chi connectivity index (χ1) is 14.2. The van der Waals surface area contributed by atoms with Crippen molar-refractivity contribution in [2.24, 2.45) is 5.92 Å². The Morgan fingerprint density at radius 1 is 1.14 bits per heavy atom. The number of anilines is 2. The van der Waals surface area contributed by atoms with Gasteiger partial charge in [0.25, 0.3) is 5.91 Å². The van der Waals surface area contributed by atoms with E-state index in [1.54, 1.807) is 11.8 Å². The van der Waals surface area contributed by atoms with Crippen LogP contribution in [-0.2, 0) is 4.79 Å². The first-order valence-corrected chi connectivity index (χ1v) is 11.5. The van der Waals surface area contributed by atoms with Gasteiger partial charge in [-0.25, -0.2) is 0 Å². The minimum atomic E-state index is 0.0436. The first kappa shape index (κ1) is 20.0. The number of nitrogens with zero attached hydrogens (tertiary/aromatic N) is 1. The van der Waals surface area contributed by atoms with Crippen molar-refractivity contribution in [1.82, 2.24) is 0 Å². The van der Waals surface area contributed by atoms with E-state index in [4.69, 9.17) is 0 Å². The maximum Gasteiger partial charge on any atom is 0.259 e. The highest BCUT2D eigenvalue weighted by Gasteiger charge is 2.27. The molecule has 4 rings (SSSR count). The Kier molecular flexibility index (Phi) is 6.24. The predicted octanol–water partition coefficient (Wildman–Crippen LogP) is 6.12. The molecule has 2 amide bonds. The van der Waals surface area contributed by atoms with E-state index in [1.807, 2.05) is 47.4 Å². The third-order valence-electron chi connectivity index (χ3n) is 5.82. The topological polar surface area (TPSA) is 49.4 Å². The molecule has 29 heavy (non-hydrogen) atoms. The number of carbonyl (C=O) groups excluding carboxylic acids is 2. The van der Waals surface area contributed by atoms with E-state index >= 15 is 0 Å². The van der Waals surface area contributed by atoms with E-state index in [-0.39, 0.29) is 11.8 Å². The Balaban J connectivity index is 1.54. The number of nitrogens with one attached hydrogen (secondary N) is 1. The lowest BCUT2D eigenvalue weighted by Gasteiger charge is -2.22. The fraction of sp³-hybridized carbons (Fsp3) is 0.417. The molecule has 1 aliphatic heterocycles. The monoisotopic (exact) mass is 408 g/mol. The summed E-state index contributed by atoms with van der Waals surface area (Å²) in [6, 6.07) is 13.6. The summed E-state index contributed by atoms with van der Waals surface area (Å²) in [5, 5.41) is 3.06. The fourth-order valence-corrected chi connectivity index (χ4v) is 5.42. The smallest absolute Gasteiger partial charge is 0.259 e. The molecule has 2 aromatic rings. The number of carbonyl (C=O) groups is 2. The van der Waals surface area contributed by atoms with Crippen molar-refractivity contribution in [2.75, 3.05) is 16.8 Å². The van der Waals surface area contributed by atoms with Crippen LogP contribution in [0.25, 0.3) is 0 Å². The van der Waals surface area contributed by atoms with Crippen LogP contribution in [0.2, 0.25) is 0 Å². The van der Waals surface area contributed by atoms with Crippen LogP contribution in [0.15, 0.2) is 52.3 Å². The number of benzene rings is 2. The standard InChI is InChI=1S/C24H28N2O2S/c1-2-15-26-20-13-12-18(25-23(27)14-11-17-7-3-4-8-17)16-22(20)29-21-10-6-5-9-19(21)24(26)28/h5-6,9-10,12-13,16-17H,2-4,7-8,11,14-15H2,1H3,(H,25,27). The molecule has 1 heterocycles. The van der Waals surface area contributed by atoms with Crippen molar-refractivity contribution in [3.8, 4) is 0 Å². The van der Waals surface area contributed by atoms with E-state index in [0.717, 1.165) is 39.6 Å². The highest BCUT2D eigenvalue weighted by molar-refractivity contribution is 7.99. The van der Waals surface area contributed by atoms with Crippen LogP contribution in [0.3, 0.4) is 0 Å². The van der Waals surface area contributed by atoms with E-state index in [1.165, 1.54) is 25.7 Å². The molecule has 152 valence electrons. The highest BCUT2D eigenvalue weighted by atomic mass is 32.2. The summed E-state index contributed by atoms with van der Waals surface area (Å²) in [6.07, 6.45) is 7.60. The summed E-state index contributed by atoms with van der Waals surface area (Å²) in [7, 11) is 0. The third kappa shape index (κ3) is 4.50. The zero-order valence-corrected chi connectivity index (χ0v) is 17.8. The van der Waals surface area contributed by atoms with Crippen LogP contribution in [0.1, 0.15) is 62.2 Å². The molecule has 0 atom stereocenters. The minimum absolute atomic E-state index is 0.0436. The van der Waals surface area contributed by atoms with Gasteiger partial charge in [0.1, 0.15) is 0 Å². The highest BCUT2D eigenvalue weighted by Crippen LogP contribution is 2.42. The molecule has 5 heteroatoms. The Hall–Kier alpha value is -2.27. The summed E-state index contributed by atoms with van der Waals surface area (Å²) in [4.78, 5) is 29.4. The Morgan fingerprint density at radius 3 is 2.72 bits per heavy atom. The van der Waals surface area contributed by atoms with Gasteiger partial charge < -0.3 is 10.2 Å². The minimum Gasteiger partial charge on any atom is -0.326 e. The molecule has 0 bridgehead atoms. The zero-order chi connectivity index (χ0) is 20.2. The van der Waals surface area contributed by atoms with Crippen LogP contribution >= 0.6 is 11.8 Å². The molecule has 1 saturated carbocycles. The molecule has 2 aliphatic rings. The normalized spacial score (nSPS) is 16.3. The average molecular weight is 409 g/mol. The zero-order valence-electron chi connectivity index (χ0n) is 16.9. The summed E-state index contributed by atoms with van der Waals surface area (Å²) < 4.78 is 0. The molecule has 0 unspecified atom stereocenters. The van der Waals surface area contributed by atoms with E-state index < -0.39 is 0 Å². The third-order valence-corrected chi connectivity index (χ3v) is 6.94. The van der Waals surface area contributed by atoms with Crippen molar-refractivity contribution >= 4 is 35.0 Å². The number of amides is 2. The lowest BCUT2D eigenvalue weighted by atomic mass is 10.0. The van der Waals surface area contributed by atoms with E-state index in [2.05, 4.69) is 12.2 Å². The fourth-order valence-electron chi connectivity index (χ4n) is 4.31. The lowest BCUT2D eigenvalue weighted by Crippen LogP contribution is -2.31. The summed E-state index contributed by atoms with van der Waals surface area (Å²) in [5.74, 6) is 0.841. The van der Waals surface area contributed by atoms with Gasteiger partial charge in [-0.3, -0.25) is 9.59 Å². The summed E-state index contributed by atoms with van der Waals surface area (Å²) in [6.45, 7) is 2.75. The number of hydrogen-bond acceptors (Lipinski definition) is 3. The Morgan fingerprint density at radius 2 is 1.93 bits per heavy atom. The van der Waals surface area contributed by atoms with Crippen molar-refractivity contribution < 1.29 is 9.59 Å². The average Bonchev–Trinajstić information content (AvgIpc) is 3.21. The SMILES string of the molecule is CCCN1C(=O)c2ccccc2Sc2cc(NC(=O)CCC3CCCC3)ccc21. The Labute approximate surface area is 177 Å². The van der Waals surface area contributed by atoms with Gasteiger partial charge in [0.15, 0.2) is 0 Å². The second-order valence-electron chi connectivity index (χ2n) is 7.97. The van der Waals surface area contributed by atoms with Crippen LogP contribution in [0.4, 0.5) is 11.4 Å². The molecular formula is C24H28N2O2S. The van der Waals surface area contributed by atoms with Gasteiger partial charge >= 0.3 is 0 Å². The number of fused-ring (bicyclic) bond motifs is 2. The van der Waals surface area contributed by atoms with Gasteiger partial charge in [-0.15, -0.1) is 0 Å². The molecular weight excluding hydrogens is 380 g/mol. The van der Waals surface area contributed by atoms with Gasteiger partial charge in [0, 0.05) is 28.4 Å².